The Kier molecular flexibility index (Phi) is 5.86. The Labute approximate surface area is 123 Å². The van der Waals surface area contributed by atoms with E-state index in [0.29, 0.717) is 5.69 Å². The van der Waals surface area contributed by atoms with Gasteiger partial charge in [0.05, 0.1) is 18.2 Å². The molecule has 1 aromatic carbocycles. The molecule has 0 aliphatic heterocycles. The van der Waals surface area contributed by atoms with E-state index in [-0.39, 0.29) is 18.6 Å². The van der Waals surface area contributed by atoms with Crippen molar-refractivity contribution in [2.75, 3.05) is 17.3 Å². The minimum atomic E-state index is -3.15. The van der Waals surface area contributed by atoms with Gasteiger partial charge in [-0.1, -0.05) is 12.1 Å². The summed E-state index contributed by atoms with van der Waals surface area (Å²) in [5.74, 6) is -1.03. The summed E-state index contributed by atoms with van der Waals surface area (Å²) in [4.78, 5) is 22.5. The van der Waals surface area contributed by atoms with Gasteiger partial charge in [-0.3, -0.25) is 9.59 Å². The molecule has 116 valence electrons. The quantitative estimate of drug-likeness (QED) is 0.619. The van der Waals surface area contributed by atoms with E-state index in [4.69, 9.17) is 11.5 Å². The Hall–Kier alpha value is -1.93. The molecule has 7 nitrogen and oxygen atoms in total. The van der Waals surface area contributed by atoms with Crippen LogP contribution in [0.2, 0.25) is 0 Å². The number of sulfone groups is 1. The maximum atomic E-state index is 11.8. The molecule has 2 amide bonds. The number of carbonyl (C=O) groups is 2. The molecule has 8 heteroatoms. The van der Waals surface area contributed by atoms with E-state index in [1.165, 1.54) is 0 Å². The summed E-state index contributed by atoms with van der Waals surface area (Å²) < 4.78 is 22.0. The first-order valence-electron chi connectivity index (χ1n) is 6.29. The Balaban J connectivity index is 2.56. The number of anilines is 1. The third kappa shape index (κ3) is 6.87. The highest BCUT2D eigenvalue weighted by molar-refractivity contribution is 7.90. The molecule has 0 fully saturated rings. The first kappa shape index (κ1) is 17.1. The second-order valence-electron chi connectivity index (χ2n) is 4.85. The summed E-state index contributed by atoms with van der Waals surface area (Å²) in [6, 6.07) is 5.69. The highest BCUT2D eigenvalue weighted by Crippen LogP contribution is 2.10. The molecule has 0 aromatic heterocycles. The molecule has 21 heavy (non-hydrogen) atoms. The Bertz CT molecular complexity index is 611. The van der Waals surface area contributed by atoms with Crippen LogP contribution in [-0.2, 0) is 25.8 Å². The molecule has 0 radical (unpaired) electrons. The predicted octanol–water partition coefficient (Wildman–Crippen LogP) is -0.585. The van der Waals surface area contributed by atoms with E-state index in [0.717, 1.165) is 11.8 Å². The average Bonchev–Trinajstić information content (AvgIpc) is 2.36. The Morgan fingerprint density at radius 3 is 2.29 bits per heavy atom. The van der Waals surface area contributed by atoms with Crippen LogP contribution in [0.15, 0.2) is 24.3 Å². The third-order valence-corrected chi connectivity index (χ3v) is 3.71. The summed E-state index contributed by atoms with van der Waals surface area (Å²) in [5.41, 5.74) is 12.0. The first-order valence-corrected chi connectivity index (χ1v) is 8.35. The summed E-state index contributed by atoms with van der Waals surface area (Å²) in [5, 5.41) is 2.58. The minimum absolute atomic E-state index is 0.0599. The molecule has 5 N–H and O–H groups in total. The highest BCUT2D eigenvalue weighted by atomic mass is 32.2. The molecule has 1 rings (SSSR count). The van der Waals surface area contributed by atoms with Gasteiger partial charge in [-0.25, -0.2) is 8.42 Å². The van der Waals surface area contributed by atoms with E-state index in [1.807, 2.05) is 0 Å². The number of nitrogens with two attached hydrogens (primary N) is 2. The van der Waals surface area contributed by atoms with Crippen molar-refractivity contribution in [3.63, 3.8) is 0 Å². The van der Waals surface area contributed by atoms with Gasteiger partial charge in [0.15, 0.2) is 0 Å². The second kappa shape index (κ2) is 7.19. The van der Waals surface area contributed by atoms with Crippen LogP contribution in [0.3, 0.4) is 0 Å². The van der Waals surface area contributed by atoms with Crippen LogP contribution in [-0.4, -0.2) is 38.3 Å². The maximum Gasteiger partial charge on any atom is 0.241 e. The number of carbonyl (C=O) groups excluding carboxylic acids is 2. The van der Waals surface area contributed by atoms with Crippen molar-refractivity contribution in [1.29, 1.82) is 0 Å². The maximum absolute atomic E-state index is 11.8. The number of hydrogen-bond donors (Lipinski definition) is 3. The lowest BCUT2D eigenvalue weighted by atomic mass is 10.1. The summed E-state index contributed by atoms with van der Waals surface area (Å²) >= 11 is 0. The first-order chi connectivity index (χ1) is 9.67. The smallest absolute Gasteiger partial charge is 0.241 e. The molecule has 0 saturated carbocycles. The molecule has 0 bridgehead atoms. The SMILES string of the molecule is CS(=O)(=O)CCC(N)C(=O)Nc1ccc(CC(N)=O)cc1. The fourth-order valence-electron chi connectivity index (χ4n) is 1.61. The zero-order chi connectivity index (χ0) is 16.0. The van der Waals surface area contributed by atoms with Gasteiger partial charge in [-0.05, 0) is 24.1 Å². The molecule has 1 aromatic rings. The lowest BCUT2D eigenvalue weighted by Crippen LogP contribution is -2.37. The van der Waals surface area contributed by atoms with Crippen molar-refractivity contribution in [3.05, 3.63) is 29.8 Å². The van der Waals surface area contributed by atoms with Gasteiger partial charge in [0.25, 0.3) is 0 Å². The lowest BCUT2D eigenvalue weighted by molar-refractivity contribution is -0.118. The number of benzene rings is 1. The van der Waals surface area contributed by atoms with Gasteiger partial charge in [0.1, 0.15) is 9.84 Å². The van der Waals surface area contributed by atoms with Gasteiger partial charge >= 0.3 is 0 Å². The van der Waals surface area contributed by atoms with E-state index < -0.39 is 27.7 Å². The molecule has 0 saturated heterocycles. The predicted molar refractivity (Wildman–Crippen MR) is 80.3 cm³/mol. The van der Waals surface area contributed by atoms with E-state index in [1.54, 1.807) is 24.3 Å². The molecule has 0 aliphatic carbocycles. The van der Waals surface area contributed by atoms with Crippen LogP contribution < -0.4 is 16.8 Å². The van der Waals surface area contributed by atoms with Crippen LogP contribution in [0.4, 0.5) is 5.69 Å². The molecule has 1 unspecified atom stereocenters. The summed E-state index contributed by atoms with van der Waals surface area (Å²) in [7, 11) is -3.15. The number of rotatable bonds is 7. The normalized spacial score (nSPS) is 12.7. The van der Waals surface area contributed by atoms with Gasteiger partial charge in [0, 0.05) is 11.9 Å². The Morgan fingerprint density at radius 1 is 1.24 bits per heavy atom. The van der Waals surface area contributed by atoms with Crippen molar-refractivity contribution in [2.24, 2.45) is 11.5 Å². The zero-order valence-corrected chi connectivity index (χ0v) is 12.5. The van der Waals surface area contributed by atoms with Crippen LogP contribution in [0.25, 0.3) is 0 Å². The van der Waals surface area contributed by atoms with Crippen LogP contribution >= 0.6 is 0 Å². The van der Waals surface area contributed by atoms with E-state index in [9.17, 15) is 18.0 Å². The third-order valence-electron chi connectivity index (χ3n) is 2.74. The van der Waals surface area contributed by atoms with Gasteiger partial charge in [-0.2, -0.15) is 0 Å². The van der Waals surface area contributed by atoms with Crippen molar-refractivity contribution in [2.45, 2.75) is 18.9 Å². The van der Waals surface area contributed by atoms with Gasteiger partial charge in [0.2, 0.25) is 11.8 Å². The zero-order valence-electron chi connectivity index (χ0n) is 11.7. The van der Waals surface area contributed by atoms with Crippen LogP contribution in [0.1, 0.15) is 12.0 Å². The largest absolute Gasteiger partial charge is 0.369 e. The fourth-order valence-corrected chi connectivity index (χ4v) is 2.30. The van der Waals surface area contributed by atoms with Crippen LogP contribution in [0.5, 0.6) is 0 Å². The van der Waals surface area contributed by atoms with E-state index in [2.05, 4.69) is 5.32 Å². The average molecular weight is 313 g/mol. The molecule has 0 spiro atoms. The van der Waals surface area contributed by atoms with E-state index >= 15 is 0 Å². The molecule has 1 atom stereocenters. The van der Waals surface area contributed by atoms with Crippen molar-refractivity contribution in [3.8, 4) is 0 Å². The number of amides is 2. The number of hydrogen-bond acceptors (Lipinski definition) is 5. The molecule has 0 aliphatic rings. The summed E-state index contributed by atoms with van der Waals surface area (Å²) in [6.07, 6.45) is 1.28. The van der Waals surface area contributed by atoms with Gasteiger partial charge in [-0.15, -0.1) is 0 Å². The van der Waals surface area contributed by atoms with Crippen molar-refractivity contribution in [1.82, 2.24) is 0 Å². The standard InChI is InChI=1S/C13H19N3O4S/c1-21(19,20)7-6-11(14)13(18)16-10-4-2-9(3-5-10)8-12(15)17/h2-5,11H,6-8,14H2,1H3,(H2,15,17)(H,16,18). The lowest BCUT2D eigenvalue weighted by Gasteiger charge is -2.12. The second-order valence-corrected chi connectivity index (χ2v) is 7.11. The number of primary amides is 1. The monoisotopic (exact) mass is 313 g/mol. The Morgan fingerprint density at radius 2 is 1.81 bits per heavy atom. The molecular weight excluding hydrogens is 294 g/mol. The minimum Gasteiger partial charge on any atom is -0.369 e. The van der Waals surface area contributed by atoms with Crippen molar-refractivity contribution < 1.29 is 18.0 Å². The fraction of sp³-hybridized carbons (Fsp3) is 0.385. The topological polar surface area (TPSA) is 132 Å². The highest BCUT2D eigenvalue weighted by Gasteiger charge is 2.16. The number of nitrogens with one attached hydrogen (secondary N) is 1. The molecular formula is C13H19N3O4S. The van der Waals surface area contributed by atoms with Gasteiger partial charge < -0.3 is 16.8 Å². The summed E-state index contributed by atoms with van der Waals surface area (Å²) in [6.45, 7) is 0. The molecule has 0 heterocycles. The van der Waals surface area contributed by atoms with Crippen molar-refractivity contribution >= 4 is 27.3 Å². The van der Waals surface area contributed by atoms with Crippen LogP contribution in [0, 0.1) is 0 Å².